The first-order valence-electron chi connectivity index (χ1n) is 7.67. The van der Waals surface area contributed by atoms with Gasteiger partial charge in [0.2, 0.25) is 17.6 Å². The van der Waals surface area contributed by atoms with Crippen LogP contribution in [0.1, 0.15) is 38.1 Å². The number of nitrogens with one attached hydrogen (secondary N) is 1. The molecule has 1 aliphatic carbocycles. The Morgan fingerprint density at radius 2 is 2.22 bits per heavy atom. The summed E-state index contributed by atoms with van der Waals surface area (Å²) in [4.78, 5) is 16.3. The smallest absolute Gasteiger partial charge is 0.249 e. The average molecular weight is 315 g/mol. The third-order valence-electron chi connectivity index (χ3n) is 3.85. The fourth-order valence-electron chi connectivity index (χ4n) is 2.59. The Bertz CT molecular complexity index is 709. The Hall–Kier alpha value is -2.50. The van der Waals surface area contributed by atoms with Crippen LogP contribution < -0.4 is 5.32 Å². The third-order valence-corrected chi connectivity index (χ3v) is 3.85. The van der Waals surface area contributed by atoms with E-state index in [1.165, 1.54) is 12.1 Å². The highest BCUT2D eigenvalue weighted by molar-refractivity contribution is 5.76. The lowest BCUT2D eigenvalue weighted by atomic mass is 10.0. The number of aromatic nitrogens is 2. The van der Waals surface area contributed by atoms with Crippen LogP contribution in [-0.2, 0) is 4.79 Å². The minimum absolute atomic E-state index is 0.0319. The van der Waals surface area contributed by atoms with Crippen LogP contribution in [0.5, 0.6) is 0 Å². The molecule has 120 valence electrons. The lowest BCUT2D eigenvalue weighted by molar-refractivity contribution is -0.122. The fraction of sp³-hybridized carbons (Fsp3) is 0.353. The maximum absolute atomic E-state index is 12.9. The maximum Gasteiger partial charge on any atom is 0.249 e. The van der Waals surface area contributed by atoms with Crippen molar-refractivity contribution in [1.29, 1.82) is 0 Å². The van der Waals surface area contributed by atoms with E-state index in [1.807, 2.05) is 0 Å². The predicted octanol–water partition coefficient (Wildman–Crippen LogP) is 3.41. The van der Waals surface area contributed by atoms with Crippen molar-refractivity contribution >= 4 is 5.91 Å². The highest BCUT2D eigenvalue weighted by Gasteiger charge is 2.20. The SMILES string of the molecule is C[C@H](NC(=O)C[C@@H]1C=CCC1)c1nc(-c2ccc(F)cc2)no1. The lowest BCUT2D eigenvalue weighted by Crippen LogP contribution is -2.28. The summed E-state index contributed by atoms with van der Waals surface area (Å²) in [6, 6.07) is 5.48. The number of carbonyl (C=O) groups is 1. The molecular weight excluding hydrogens is 297 g/mol. The first-order chi connectivity index (χ1) is 11.1. The third kappa shape index (κ3) is 3.83. The predicted molar refractivity (Wildman–Crippen MR) is 82.7 cm³/mol. The van der Waals surface area contributed by atoms with Crippen molar-refractivity contribution in [3.05, 3.63) is 48.1 Å². The van der Waals surface area contributed by atoms with Crippen molar-refractivity contribution in [2.24, 2.45) is 5.92 Å². The van der Waals surface area contributed by atoms with Crippen molar-refractivity contribution < 1.29 is 13.7 Å². The lowest BCUT2D eigenvalue weighted by Gasteiger charge is -2.11. The number of amides is 1. The molecule has 0 fully saturated rings. The molecule has 6 heteroatoms. The first-order valence-corrected chi connectivity index (χ1v) is 7.67. The van der Waals surface area contributed by atoms with Gasteiger partial charge < -0.3 is 9.84 Å². The molecule has 0 saturated carbocycles. The van der Waals surface area contributed by atoms with Gasteiger partial charge >= 0.3 is 0 Å². The molecule has 0 saturated heterocycles. The quantitative estimate of drug-likeness (QED) is 0.859. The molecule has 2 atom stereocenters. The van der Waals surface area contributed by atoms with E-state index in [1.54, 1.807) is 19.1 Å². The summed E-state index contributed by atoms with van der Waals surface area (Å²) in [5, 5.41) is 6.74. The molecule has 23 heavy (non-hydrogen) atoms. The number of halogens is 1. The number of rotatable bonds is 5. The van der Waals surface area contributed by atoms with Crippen LogP contribution in [0.15, 0.2) is 40.9 Å². The van der Waals surface area contributed by atoms with Crippen molar-refractivity contribution in [2.45, 2.75) is 32.2 Å². The second-order valence-electron chi connectivity index (χ2n) is 5.72. The molecule has 0 spiro atoms. The van der Waals surface area contributed by atoms with E-state index in [0.29, 0.717) is 29.6 Å². The average Bonchev–Trinajstić information content (AvgIpc) is 3.19. The monoisotopic (exact) mass is 315 g/mol. The maximum atomic E-state index is 12.9. The van der Waals surface area contributed by atoms with Crippen molar-refractivity contribution in [3.8, 4) is 11.4 Å². The zero-order valence-electron chi connectivity index (χ0n) is 12.8. The van der Waals surface area contributed by atoms with E-state index >= 15 is 0 Å². The molecule has 0 bridgehead atoms. The number of benzene rings is 1. The van der Waals surface area contributed by atoms with Crippen LogP contribution in [0.4, 0.5) is 4.39 Å². The summed E-state index contributed by atoms with van der Waals surface area (Å²) in [5.41, 5.74) is 0.663. The van der Waals surface area contributed by atoms with Crippen LogP contribution >= 0.6 is 0 Å². The Morgan fingerprint density at radius 3 is 2.91 bits per heavy atom. The number of allylic oxidation sites excluding steroid dienone is 2. The van der Waals surface area contributed by atoms with Crippen LogP contribution in [-0.4, -0.2) is 16.0 Å². The number of hydrogen-bond donors (Lipinski definition) is 1. The molecule has 1 amide bonds. The molecular formula is C17H18FN3O2. The van der Waals surface area contributed by atoms with E-state index in [2.05, 4.69) is 27.6 Å². The Kier molecular flexibility index (Phi) is 4.50. The number of nitrogens with zero attached hydrogens (tertiary/aromatic N) is 2. The minimum atomic E-state index is -0.366. The number of hydrogen-bond acceptors (Lipinski definition) is 4. The van der Waals surface area contributed by atoms with Gasteiger partial charge in [-0.1, -0.05) is 17.3 Å². The largest absolute Gasteiger partial charge is 0.345 e. The summed E-state index contributed by atoms with van der Waals surface area (Å²) in [6.07, 6.45) is 6.73. The Labute approximate surface area is 133 Å². The second kappa shape index (κ2) is 6.73. The van der Waals surface area contributed by atoms with E-state index < -0.39 is 0 Å². The molecule has 0 aliphatic heterocycles. The minimum Gasteiger partial charge on any atom is -0.345 e. The number of carbonyl (C=O) groups excluding carboxylic acids is 1. The standard InChI is InChI=1S/C17H18FN3O2/c1-11(19-15(22)10-12-4-2-3-5-12)17-20-16(21-23-17)13-6-8-14(18)9-7-13/h2,4,6-9,11-12H,3,5,10H2,1H3,(H,19,22)/t11-,12+/m0/s1. The summed E-state index contributed by atoms with van der Waals surface area (Å²) >= 11 is 0. The van der Waals surface area contributed by atoms with Crippen molar-refractivity contribution in [1.82, 2.24) is 15.5 Å². The van der Waals surface area contributed by atoms with Gasteiger partial charge in [-0.3, -0.25) is 4.79 Å². The van der Waals surface area contributed by atoms with Crippen LogP contribution in [0.25, 0.3) is 11.4 Å². The summed E-state index contributed by atoms with van der Waals surface area (Å²) in [7, 11) is 0. The van der Waals surface area contributed by atoms with E-state index in [4.69, 9.17) is 4.52 Å². The zero-order chi connectivity index (χ0) is 16.2. The van der Waals surface area contributed by atoms with Gasteiger partial charge in [0.25, 0.3) is 0 Å². The van der Waals surface area contributed by atoms with Crippen LogP contribution in [0, 0.1) is 11.7 Å². The van der Waals surface area contributed by atoms with Gasteiger partial charge in [-0.05, 0) is 49.9 Å². The van der Waals surface area contributed by atoms with Crippen molar-refractivity contribution in [2.75, 3.05) is 0 Å². The van der Waals surface area contributed by atoms with E-state index in [-0.39, 0.29) is 17.8 Å². The zero-order valence-corrected chi connectivity index (χ0v) is 12.8. The molecule has 2 aromatic rings. The van der Waals surface area contributed by atoms with Gasteiger partial charge in [-0.25, -0.2) is 4.39 Å². The molecule has 1 aromatic carbocycles. The van der Waals surface area contributed by atoms with Gasteiger partial charge in [-0.15, -0.1) is 0 Å². The van der Waals surface area contributed by atoms with E-state index in [9.17, 15) is 9.18 Å². The topological polar surface area (TPSA) is 68.0 Å². The highest BCUT2D eigenvalue weighted by Crippen LogP contribution is 2.22. The molecule has 1 aromatic heterocycles. The summed E-state index contributed by atoms with van der Waals surface area (Å²) in [5.74, 6) is 0.675. The molecule has 1 heterocycles. The van der Waals surface area contributed by atoms with Gasteiger partial charge in [0.1, 0.15) is 11.9 Å². The van der Waals surface area contributed by atoms with Gasteiger partial charge in [0.15, 0.2) is 0 Å². The van der Waals surface area contributed by atoms with Gasteiger partial charge in [0, 0.05) is 12.0 Å². The van der Waals surface area contributed by atoms with Gasteiger partial charge in [-0.2, -0.15) is 4.98 Å². The molecule has 3 rings (SSSR count). The molecule has 0 unspecified atom stereocenters. The summed E-state index contributed by atoms with van der Waals surface area (Å²) in [6.45, 7) is 1.80. The van der Waals surface area contributed by atoms with Crippen LogP contribution in [0.3, 0.4) is 0 Å². The summed E-state index contributed by atoms with van der Waals surface area (Å²) < 4.78 is 18.1. The molecule has 0 radical (unpaired) electrons. The van der Waals surface area contributed by atoms with Crippen LogP contribution in [0.2, 0.25) is 0 Å². The molecule has 1 N–H and O–H groups in total. The first kappa shape index (κ1) is 15.4. The van der Waals surface area contributed by atoms with E-state index in [0.717, 1.165) is 12.8 Å². The second-order valence-corrected chi connectivity index (χ2v) is 5.72. The molecule has 5 nitrogen and oxygen atoms in total. The highest BCUT2D eigenvalue weighted by atomic mass is 19.1. The molecule has 1 aliphatic rings. The Balaban J connectivity index is 1.61. The fourth-order valence-corrected chi connectivity index (χ4v) is 2.59. The Morgan fingerprint density at radius 1 is 1.43 bits per heavy atom. The normalized spacial score (nSPS) is 18.1. The van der Waals surface area contributed by atoms with Crippen molar-refractivity contribution in [3.63, 3.8) is 0 Å². The van der Waals surface area contributed by atoms with Gasteiger partial charge in [0.05, 0.1) is 0 Å².